The molecule has 17 heavy (non-hydrogen) atoms. The number of aromatic hydroxyl groups is 1. The van der Waals surface area contributed by atoms with Gasteiger partial charge in [-0.05, 0) is 49.5 Å². The molecule has 1 saturated heterocycles. The van der Waals surface area contributed by atoms with Gasteiger partial charge in [0, 0.05) is 6.04 Å². The van der Waals surface area contributed by atoms with Crippen molar-refractivity contribution in [3.05, 3.63) is 28.8 Å². The Morgan fingerprint density at radius 2 is 2.00 bits per heavy atom. The first-order valence-corrected chi connectivity index (χ1v) is 6.01. The molecule has 0 unspecified atom stereocenters. The van der Waals surface area contributed by atoms with E-state index in [-0.39, 0.29) is 24.2 Å². The van der Waals surface area contributed by atoms with Crippen LogP contribution < -0.4 is 11.1 Å². The van der Waals surface area contributed by atoms with Gasteiger partial charge in [0.25, 0.3) is 0 Å². The molecule has 1 aromatic carbocycles. The van der Waals surface area contributed by atoms with Crippen molar-refractivity contribution < 1.29 is 5.11 Å². The van der Waals surface area contributed by atoms with Crippen LogP contribution in [0.5, 0.6) is 5.75 Å². The predicted molar refractivity (Wildman–Crippen MR) is 72.9 cm³/mol. The molecule has 96 valence electrons. The zero-order valence-corrected chi connectivity index (χ0v) is 11.1. The van der Waals surface area contributed by atoms with E-state index in [4.69, 9.17) is 17.3 Å². The molecule has 1 heterocycles. The largest absolute Gasteiger partial charge is 0.506 e. The summed E-state index contributed by atoms with van der Waals surface area (Å²) in [6.07, 6.45) is 2.19. The van der Waals surface area contributed by atoms with Gasteiger partial charge in [0.05, 0.1) is 5.02 Å². The fourth-order valence-corrected chi connectivity index (χ4v) is 2.40. The summed E-state index contributed by atoms with van der Waals surface area (Å²) in [5, 5.41) is 13.0. The van der Waals surface area contributed by atoms with Crippen molar-refractivity contribution in [2.45, 2.75) is 18.9 Å². The van der Waals surface area contributed by atoms with Crippen LogP contribution in [-0.4, -0.2) is 18.2 Å². The number of halogens is 2. The molecule has 0 amide bonds. The quantitative estimate of drug-likeness (QED) is 0.778. The van der Waals surface area contributed by atoms with Crippen LogP contribution >= 0.6 is 24.0 Å². The van der Waals surface area contributed by atoms with Gasteiger partial charge in [-0.1, -0.05) is 17.7 Å². The van der Waals surface area contributed by atoms with Gasteiger partial charge in [-0.15, -0.1) is 12.4 Å². The molecule has 1 fully saturated rings. The highest BCUT2D eigenvalue weighted by molar-refractivity contribution is 6.32. The Labute approximate surface area is 113 Å². The van der Waals surface area contributed by atoms with E-state index in [1.807, 2.05) is 6.07 Å². The third-order valence-electron chi connectivity index (χ3n) is 3.25. The Morgan fingerprint density at radius 1 is 1.35 bits per heavy atom. The number of hydrogen-bond acceptors (Lipinski definition) is 3. The maximum atomic E-state index is 9.35. The monoisotopic (exact) mass is 276 g/mol. The lowest BCUT2D eigenvalue weighted by molar-refractivity contribution is 0.322. The van der Waals surface area contributed by atoms with Crippen molar-refractivity contribution in [3.8, 4) is 5.75 Å². The third-order valence-corrected chi connectivity index (χ3v) is 3.55. The summed E-state index contributed by atoms with van der Waals surface area (Å²) in [5.41, 5.74) is 7.23. The molecule has 2 rings (SSSR count). The molecule has 0 bridgehead atoms. The van der Waals surface area contributed by atoms with Crippen LogP contribution in [0.2, 0.25) is 5.02 Å². The third kappa shape index (κ3) is 3.49. The van der Waals surface area contributed by atoms with Crippen molar-refractivity contribution >= 4 is 24.0 Å². The first kappa shape index (κ1) is 14.6. The lowest BCUT2D eigenvalue weighted by Gasteiger charge is -2.28. The number of nitrogens with one attached hydrogen (secondary N) is 1. The van der Waals surface area contributed by atoms with Gasteiger partial charge in [-0.3, -0.25) is 0 Å². The molecular formula is C12H18Cl2N2O. The van der Waals surface area contributed by atoms with Gasteiger partial charge < -0.3 is 16.2 Å². The van der Waals surface area contributed by atoms with Gasteiger partial charge in [0.15, 0.2) is 0 Å². The van der Waals surface area contributed by atoms with Crippen LogP contribution in [-0.2, 0) is 0 Å². The molecule has 0 aliphatic carbocycles. The maximum Gasteiger partial charge on any atom is 0.134 e. The van der Waals surface area contributed by atoms with E-state index in [2.05, 4.69) is 5.32 Å². The zero-order valence-electron chi connectivity index (χ0n) is 9.53. The average molecular weight is 277 g/mol. The summed E-state index contributed by atoms with van der Waals surface area (Å²) in [4.78, 5) is 0. The minimum absolute atomic E-state index is 0. The highest BCUT2D eigenvalue weighted by Gasteiger charge is 2.22. The molecule has 1 aromatic rings. The van der Waals surface area contributed by atoms with E-state index in [1.54, 1.807) is 12.1 Å². The predicted octanol–water partition coefficient (Wildman–Crippen LogP) is 2.47. The van der Waals surface area contributed by atoms with Crippen LogP contribution in [0, 0.1) is 5.92 Å². The number of phenolic OH excluding ortho intramolecular Hbond substituents is 1. The van der Waals surface area contributed by atoms with Crippen molar-refractivity contribution in [1.82, 2.24) is 5.32 Å². The fraction of sp³-hybridized carbons (Fsp3) is 0.500. The van der Waals surface area contributed by atoms with Crippen LogP contribution in [0.1, 0.15) is 24.4 Å². The van der Waals surface area contributed by atoms with Crippen LogP contribution in [0.15, 0.2) is 18.2 Å². The van der Waals surface area contributed by atoms with Crippen LogP contribution in [0.25, 0.3) is 0 Å². The maximum absolute atomic E-state index is 9.35. The second-order valence-electron chi connectivity index (χ2n) is 4.32. The van der Waals surface area contributed by atoms with Gasteiger partial charge in [0.2, 0.25) is 0 Å². The first-order valence-electron chi connectivity index (χ1n) is 5.63. The number of benzene rings is 1. The smallest absolute Gasteiger partial charge is 0.134 e. The summed E-state index contributed by atoms with van der Waals surface area (Å²) < 4.78 is 0. The summed E-state index contributed by atoms with van der Waals surface area (Å²) in [6, 6.07) is 5.25. The van der Waals surface area contributed by atoms with Gasteiger partial charge in [0.1, 0.15) is 5.75 Å². The lowest BCUT2D eigenvalue weighted by atomic mass is 9.86. The summed E-state index contributed by atoms with van der Waals surface area (Å²) in [7, 11) is 0. The van der Waals surface area contributed by atoms with Crippen molar-refractivity contribution in [3.63, 3.8) is 0 Å². The van der Waals surface area contributed by atoms with Gasteiger partial charge in [-0.25, -0.2) is 0 Å². The molecule has 4 N–H and O–H groups in total. The number of hydrogen-bond donors (Lipinski definition) is 3. The fourth-order valence-electron chi connectivity index (χ4n) is 2.21. The van der Waals surface area contributed by atoms with E-state index in [9.17, 15) is 5.11 Å². The van der Waals surface area contributed by atoms with Crippen molar-refractivity contribution in [1.29, 1.82) is 0 Å². The first-order chi connectivity index (χ1) is 7.68. The zero-order chi connectivity index (χ0) is 11.5. The Balaban J connectivity index is 0.00000144. The number of nitrogens with two attached hydrogens (primary N) is 1. The summed E-state index contributed by atoms with van der Waals surface area (Å²) >= 11 is 5.88. The number of rotatable bonds is 2. The van der Waals surface area contributed by atoms with E-state index in [1.165, 1.54) is 0 Å². The average Bonchev–Trinajstić information content (AvgIpc) is 2.33. The molecule has 1 aliphatic heterocycles. The van der Waals surface area contributed by atoms with Crippen LogP contribution in [0.3, 0.4) is 0 Å². The van der Waals surface area contributed by atoms with Gasteiger partial charge in [-0.2, -0.15) is 0 Å². The molecule has 0 radical (unpaired) electrons. The molecule has 3 nitrogen and oxygen atoms in total. The molecule has 5 heteroatoms. The molecule has 1 aliphatic rings. The van der Waals surface area contributed by atoms with E-state index in [0.29, 0.717) is 10.9 Å². The molecule has 0 spiro atoms. The SMILES string of the molecule is Cl.N[C@@H](c1ccc(O)c(Cl)c1)C1CCNCC1. The van der Waals surface area contributed by atoms with Crippen LogP contribution in [0.4, 0.5) is 0 Å². The van der Waals surface area contributed by atoms with Crippen molar-refractivity contribution in [2.75, 3.05) is 13.1 Å². The second-order valence-corrected chi connectivity index (χ2v) is 4.73. The Hall–Kier alpha value is -0.480. The molecule has 0 aromatic heterocycles. The number of piperidine rings is 1. The Morgan fingerprint density at radius 3 is 2.59 bits per heavy atom. The Bertz CT molecular complexity index is 368. The van der Waals surface area contributed by atoms with Gasteiger partial charge >= 0.3 is 0 Å². The topological polar surface area (TPSA) is 58.3 Å². The highest BCUT2D eigenvalue weighted by Crippen LogP contribution is 2.31. The minimum Gasteiger partial charge on any atom is -0.506 e. The lowest BCUT2D eigenvalue weighted by Crippen LogP contribution is -2.33. The number of phenols is 1. The summed E-state index contributed by atoms with van der Waals surface area (Å²) in [6.45, 7) is 2.06. The molecule has 1 atom stereocenters. The molecule has 0 saturated carbocycles. The van der Waals surface area contributed by atoms with E-state index >= 15 is 0 Å². The Kier molecular flexibility index (Phi) is 5.53. The second kappa shape index (κ2) is 6.45. The summed E-state index contributed by atoms with van der Waals surface area (Å²) in [5.74, 6) is 0.616. The normalized spacial score (nSPS) is 18.5. The molecular weight excluding hydrogens is 259 g/mol. The highest BCUT2D eigenvalue weighted by atomic mass is 35.5. The minimum atomic E-state index is 0. The standard InChI is InChI=1S/C12H17ClN2O.ClH/c13-10-7-9(1-2-11(10)16)12(14)8-3-5-15-6-4-8;/h1-2,7-8,12,15-16H,3-6,14H2;1H/t12-;/m1./s1. The van der Waals surface area contributed by atoms with E-state index < -0.39 is 0 Å². The van der Waals surface area contributed by atoms with E-state index in [0.717, 1.165) is 31.5 Å². The van der Waals surface area contributed by atoms with Crippen molar-refractivity contribution in [2.24, 2.45) is 11.7 Å².